The quantitative estimate of drug-likeness (QED) is 0.522. The van der Waals surface area contributed by atoms with E-state index in [2.05, 4.69) is 10.6 Å². The summed E-state index contributed by atoms with van der Waals surface area (Å²) in [5.74, 6) is -0.519. The second-order valence-electron chi connectivity index (χ2n) is 5.70. The second-order valence-corrected chi connectivity index (χ2v) is 6.54. The van der Waals surface area contributed by atoms with Crippen LogP contribution in [0.5, 0.6) is 0 Å². The Morgan fingerprint density at radius 2 is 2.04 bits per heavy atom. The zero-order chi connectivity index (χ0) is 19.8. The van der Waals surface area contributed by atoms with Crippen LogP contribution in [0.25, 0.3) is 0 Å². The molecule has 0 bridgehead atoms. The molecule has 27 heavy (non-hydrogen) atoms. The smallest absolute Gasteiger partial charge is 0.462 e. The molecule has 0 amide bonds. The first kappa shape index (κ1) is 21.0. The Labute approximate surface area is 168 Å². The SMILES string of the molecule is CCOC(=O)OCC1NC(=S)NC(C)=C1C(=O)OCCc1cccc(Cl)c1. The van der Waals surface area contributed by atoms with Crippen molar-refractivity contribution in [3.8, 4) is 0 Å². The maximum absolute atomic E-state index is 12.6. The van der Waals surface area contributed by atoms with Gasteiger partial charge in [0.15, 0.2) is 5.11 Å². The molecule has 2 rings (SSSR count). The number of hydrogen-bond acceptors (Lipinski definition) is 6. The van der Waals surface area contributed by atoms with Crippen molar-refractivity contribution in [2.45, 2.75) is 26.3 Å². The topological polar surface area (TPSA) is 85.9 Å². The van der Waals surface area contributed by atoms with Gasteiger partial charge in [0.2, 0.25) is 0 Å². The lowest BCUT2D eigenvalue weighted by molar-refractivity contribution is -0.139. The standard InChI is InChI=1S/C18H21ClN2O5S/c1-3-24-18(23)26-10-14-15(11(2)20-17(27)21-14)16(22)25-8-7-12-5-4-6-13(19)9-12/h4-6,9,14H,3,7-8,10H2,1-2H3,(H2,20,21,27). The van der Waals surface area contributed by atoms with Crippen LogP contribution in [0.1, 0.15) is 19.4 Å². The molecule has 0 aliphatic carbocycles. The molecule has 0 saturated carbocycles. The first-order chi connectivity index (χ1) is 12.9. The van der Waals surface area contributed by atoms with E-state index in [4.69, 9.17) is 38.0 Å². The highest BCUT2D eigenvalue weighted by Crippen LogP contribution is 2.16. The van der Waals surface area contributed by atoms with Crippen LogP contribution in [0.3, 0.4) is 0 Å². The lowest BCUT2D eigenvalue weighted by atomic mass is 10.0. The Bertz CT molecular complexity index is 753. The number of rotatable bonds is 7. The van der Waals surface area contributed by atoms with Gasteiger partial charge in [0, 0.05) is 17.1 Å². The number of benzene rings is 1. The molecule has 0 aromatic heterocycles. The summed E-state index contributed by atoms with van der Waals surface area (Å²) in [7, 11) is 0. The van der Waals surface area contributed by atoms with Gasteiger partial charge in [-0.3, -0.25) is 0 Å². The highest BCUT2D eigenvalue weighted by molar-refractivity contribution is 7.80. The monoisotopic (exact) mass is 412 g/mol. The molecular formula is C18H21ClN2O5S. The van der Waals surface area contributed by atoms with E-state index in [0.29, 0.717) is 27.8 Å². The highest BCUT2D eigenvalue weighted by Gasteiger charge is 2.31. The van der Waals surface area contributed by atoms with Crippen LogP contribution < -0.4 is 10.6 Å². The number of allylic oxidation sites excluding steroid dienone is 1. The largest absolute Gasteiger partial charge is 0.508 e. The first-order valence-electron chi connectivity index (χ1n) is 8.40. The summed E-state index contributed by atoms with van der Waals surface area (Å²) < 4.78 is 15.1. The highest BCUT2D eigenvalue weighted by atomic mass is 35.5. The predicted octanol–water partition coefficient (Wildman–Crippen LogP) is 2.72. The van der Waals surface area contributed by atoms with Crippen molar-refractivity contribution in [2.24, 2.45) is 0 Å². The molecular weight excluding hydrogens is 392 g/mol. The van der Waals surface area contributed by atoms with Gasteiger partial charge in [0.05, 0.1) is 24.8 Å². The van der Waals surface area contributed by atoms with E-state index < -0.39 is 18.2 Å². The van der Waals surface area contributed by atoms with Gasteiger partial charge in [-0.05, 0) is 43.8 Å². The average molecular weight is 413 g/mol. The van der Waals surface area contributed by atoms with Gasteiger partial charge in [0.1, 0.15) is 6.61 Å². The first-order valence-corrected chi connectivity index (χ1v) is 9.18. The zero-order valence-electron chi connectivity index (χ0n) is 15.0. The van der Waals surface area contributed by atoms with Crippen LogP contribution in [0.4, 0.5) is 4.79 Å². The van der Waals surface area contributed by atoms with Gasteiger partial charge in [-0.2, -0.15) is 0 Å². The van der Waals surface area contributed by atoms with Crippen molar-refractivity contribution in [1.82, 2.24) is 10.6 Å². The van der Waals surface area contributed by atoms with E-state index >= 15 is 0 Å². The molecule has 1 aromatic carbocycles. The van der Waals surface area contributed by atoms with E-state index in [1.54, 1.807) is 19.9 Å². The summed E-state index contributed by atoms with van der Waals surface area (Å²) in [6.45, 7) is 3.65. The Hall–Kier alpha value is -2.32. The molecule has 1 aliphatic rings. The molecule has 1 heterocycles. The molecule has 1 atom stereocenters. The molecule has 0 saturated heterocycles. The molecule has 0 spiro atoms. The van der Waals surface area contributed by atoms with E-state index in [0.717, 1.165) is 5.56 Å². The van der Waals surface area contributed by atoms with Crippen molar-refractivity contribution in [3.05, 3.63) is 46.1 Å². The van der Waals surface area contributed by atoms with Gasteiger partial charge in [-0.1, -0.05) is 23.7 Å². The van der Waals surface area contributed by atoms with Crippen LogP contribution in [-0.2, 0) is 25.4 Å². The lowest BCUT2D eigenvalue weighted by Crippen LogP contribution is -2.52. The minimum Gasteiger partial charge on any atom is -0.462 e. The normalized spacial score (nSPS) is 16.3. The summed E-state index contributed by atoms with van der Waals surface area (Å²) in [4.78, 5) is 24.0. The Morgan fingerprint density at radius 1 is 1.26 bits per heavy atom. The van der Waals surface area contributed by atoms with E-state index in [-0.39, 0.29) is 19.8 Å². The predicted molar refractivity (Wildman–Crippen MR) is 104 cm³/mol. The number of halogens is 1. The Morgan fingerprint density at radius 3 is 2.74 bits per heavy atom. The van der Waals surface area contributed by atoms with Crippen LogP contribution >= 0.6 is 23.8 Å². The van der Waals surface area contributed by atoms with Crippen molar-refractivity contribution in [2.75, 3.05) is 19.8 Å². The molecule has 0 fully saturated rings. The summed E-state index contributed by atoms with van der Waals surface area (Å²) in [6.07, 6.45) is -0.280. The molecule has 146 valence electrons. The van der Waals surface area contributed by atoms with Crippen LogP contribution in [0.15, 0.2) is 35.5 Å². The average Bonchev–Trinajstić information content (AvgIpc) is 2.59. The van der Waals surface area contributed by atoms with Crippen LogP contribution in [0.2, 0.25) is 5.02 Å². The third kappa shape index (κ3) is 6.41. The van der Waals surface area contributed by atoms with Crippen LogP contribution in [-0.4, -0.2) is 43.1 Å². The van der Waals surface area contributed by atoms with Crippen LogP contribution in [0, 0.1) is 0 Å². The fourth-order valence-corrected chi connectivity index (χ4v) is 3.04. The number of ether oxygens (including phenoxy) is 3. The van der Waals surface area contributed by atoms with Gasteiger partial charge in [-0.25, -0.2) is 9.59 Å². The lowest BCUT2D eigenvalue weighted by Gasteiger charge is -2.29. The molecule has 0 radical (unpaired) electrons. The molecule has 2 N–H and O–H groups in total. The maximum atomic E-state index is 12.6. The van der Waals surface area contributed by atoms with Crippen molar-refractivity contribution in [3.63, 3.8) is 0 Å². The number of esters is 1. The number of thiocarbonyl (C=S) groups is 1. The fraction of sp³-hybridized carbons (Fsp3) is 0.389. The molecule has 9 heteroatoms. The maximum Gasteiger partial charge on any atom is 0.508 e. The number of hydrogen-bond donors (Lipinski definition) is 2. The Balaban J connectivity index is 1.97. The summed E-state index contributed by atoms with van der Waals surface area (Å²) in [5.41, 5.74) is 1.83. The Kier molecular flexibility index (Phi) is 7.87. The van der Waals surface area contributed by atoms with Gasteiger partial charge < -0.3 is 24.8 Å². The van der Waals surface area contributed by atoms with Gasteiger partial charge >= 0.3 is 12.1 Å². The van der Waals surface area contributed by atoms with Crippen molar-refractivity contribution >= 4 is 41.1 Å². The summed E-state index contributed by atoms with van der Waals surface area (Å²) >= 11 is 11.0. The summed E-state index contributed by atoms with van der Waals surface area (Å²) in [6, 6.07) is 6.72. The third-order valence-corrected chi connectivity index (χ3v) is 4.18. The molecule has 1 aliphatic heterocycles. The zero-order valence-corrected chi connectivity index (χ0v) is 16.6. The molecule has 1 unspecified atom stereocenters. The van der Waals surface area contributed by atoms with Gasteiger partial charge in [-0.15, -0.1) is 0 Å². The van der Waals surface area contributed by atoms with E-state index in [1.165, 1.54) is 0 Å². The van der Waals surface area contributed by atoms with Gasteiger partial charge in [0.25, 0.3) is 0 Å². The molecule has 7 nitrogen and oxygen atoms in total. The second kappa shape index (κ2) is 10.1. The van der Waals surface area contributed by atoms with Crippen molar-refractivity contribution < 1.29 is 23.8 Å². The number of carbonyl (C=O) groups is 2. The summed E-state index contributed by atoms with van der Waals surface area (Å²) in [5, 5.41) is 6.74. The van der Waals surface area contributed by atoms with Crippen molar-refractivity contribution in [1.29, 1.82) is 0 Å². The minimum atomic E-state index is -0.810. The fourth-order valence-electron chi connectivity index (χ4n) is 2.53. The number of carbonyl (C=O) groups excluding carboxylic acids is 2. The van der Waals surface area contributed by atoms with E-state index in [9.17, 15) is 9.59 Å². The number of nitrogens with one attached hydrogen (secondary N) is 2. The third-order valence-electron chi connectivity index (χ3n) is 3.72. The minimum absolute atomic E-state index is 0.114. The van der Waals surface area contributed by atoms with E-state index in [1.807, 2.05) is 18.2 Å². The molecule has 1 aromatic rings.